The number of carboxylic acids is 1. The van der Waals surface area contributed by atoms with Crippen LogP contribution in [0.25, 0.3) is 0 Å². The van der Waals surface area contributed by atoms with Gasteiger partial charge >= 0.3 is 5.97 Å². The molecule has 9 heteroatoms. The highest BCUT2D eigenvalue weighted by molar-refractivity contribution is 7.03. The number of carbonyl (C=O) groups excluding carboxylic acids is 2. The Kier molecular flexibility index (Phi) is 3.89. The van der Waals surface area contributed by atoms with Crippen molar-refractivity contribution in [2.24, 2.45) is 5.73 Å². The van der Waals surface area contributed by atoms with Gasteiger partial charge in [-0.3, -0.25) is 9.59 Å². The lowest BCUT2D eigenvalue weighted by atomic mass is 10.2. The van der Waals surface area contributed by atoms with Gasteiger partial charge in [0.2, 0.25) is 5.91 Å². The van der Waals surface area contributed by atoms with Crippen LogP contribution in [0.1, 0.15) is 16.9 Å². The van der Waals surface area contributed by atoms with Gasteiger partial charge in [0, 0.05) is 5.38 Å². The van der Waals surface area contributed by atoms with Crippen molar-refractivity contribution in [3.63, 3.8) is 0 Å². The monoisotopic (exact) mass is 244 g/mol. The van der Waals surface area contributed by atoms with Gasteiger partial charge in [0.15, 0.2) is 5.69 Å². The number of amides is 2. The third-order valence-electron chi connectivity index (χ3n) is 1.60. The maximum absolute atomic E-state index is 11.4. The van der Waals surface area contributed by atoms with Crippen molar-refractivity contribution < 1.29 is 19.5 Å². The Morgan fingerprint density at radius 2 is 2.25 bits per heavy atom. The molecular weight excluding hydrogens is 236 g/mol. The quantitative estimate of drug-likeness (QED) is 0.582. The molecule has 86 valence electrons. The molecule has 0 aliphatic heterocycles. The van der Waals surface area contributed by atoms with E-state index >= 15 is 0 Å². The number of carbonyl (C=O) groups is 3. The van der Waals surface area contributed by atoms with Gasteiger partial charge in [-0.15, -0.1) is 5.10 Å². The zero-order valence-electron chi connectivity index (χ0n) is 7.91. The molecule has 1 rings (SSSR count). The van der Waals surface area contributed by atoms with E-state index in [9.17, 15) is 14.4 Å². The van der Waals surface area contributed by atoms with Gasteiger partial charge in [0.1, 0.15) is 6.04 Å². The van der Waals surface area contributed by atoms with Crippen LogP contribution >= 0.6 is 11.5 Å². The SMILES string of the molecule is NC(=O)CC(NC(=O)c1csnn1)C(=O)O. The first kappa shape index (κ1) is 12.0. The molecule has 0 saturated carbocycles. The first-order valence-corrected chi connectivity index (χ1v) is 4.93. The molecule has 0 aliphatic carbocycles. The van der Waals surface area contributed by atoms with E-state index in [0.29, 0.717) is 0 Å². The summed E-state index contributed by atoms with van der Waals surface area (Å²) in [5.41, 5.74) is 4.85. The summed E-state index contributed by atoms with van der Waals surface area (Å²) in [6.45, 7) is 0. The number of nitrogens with zero attached hydrogens (tertiary/aromatic N) is 2. The van der Waals surface area contributed by atoms with Crippen LogP contribution in [-0.4, -0.2) is 38.5 Å². The van der Waals surface area contributed by atoms with Crippen LogP contribution in [0.5, 0.6) is 0 Å². The number of nitrogens with one attached hydrogen (secondary N) is 1. The van der Waals surface area contributed by atoms with Crippen molar-refractivity contribution in [1.29, 1.82) is 0 Å². The summed E-state index contributed by atoms with van der Waals surface area (Å²) < 4.78 is 3.45. The zero-order valence-corrected chi connectivity index (χ0v) is 8.73. The van der Waals surface area contributed by atoms with Gasteiger partial charge in [0.05, 0.1) is 6.42 Å². The predicted molar refractivity (Wildman–Crippen MR) is 52.6 cm³/mol. The topological polar surface area (TPSA) is 135 Å². The molecule has 0 fully saturated rings. The van der Waals surface area contributed by atoms with E-state index in [2.05, 4.69) is 14.9 Å². The minimum atomic E-state index is -1.35. The van der Waals surface area contributed by atoms with Crippen molar-refractivity contribution in [1.82, 2.24) is 14.9 Å². The molecule has 4 N–H and O–H groups in total. The minimum absolute atomic E-state index is 0.000667. The van der Waals surface area contributed by atoms with Crippen LogP contribution < -0.4 is 11.1 Å². The minimum Gasteiger partial charge on any atom is -0.480 e. The molecule has 0 bridgehead atoms. The van der Waals surface area contributed by atoms with Crippen LogP contribution in [0.3, 0.4) is 0 Å². The molecule has 16 heavy (non-hydrogen) atoms. The second-order valence-electron chi connectivity index (χ2n) is 2.82. The first-order valence-electron chi connectivity index (χ1n) is 4.09. The average Bonchev–Trinajstić information content (AvgIpc) is 2.68. The number of primary amides is 1. The van der Waals surface area contributed by atoms with E-state index in [-0.39, 0.29) is 5.69 Å². The van der Waals surface area contributed by atoms with Crippen LogP contribution in [-0.2, 0) is 9.59 Å². The molecule has 0 aliphatic rings. The number of rotatable bonds is 5. The van der Waals surface area contributed by atoms with E-state index in [1.165, 1.54) is 5.38 Å². The number of hydrogen-bond acceptors (Lipinski definition) is 6. The van der Waals surface area contributed by atoms with E-state index in [1.807, 2.05) is 0 Å². The molecule has 1 atom stereocenters. The number of nitrogens with two attached hydrogens (primary N) is 1. The number of aliphatic carboxylic acids is 1. The van der Waals surface area contributed by atoms with Gasteiger partial charge in [0.25, 0.3) is 5.91 Å². The fourth-order valence-corrected chi connectivity index (χ4v) is 1.33. The Bertz CT molecular complexity index is 405. The fourth-order valence-electron chi connectivity index (χ4n) is 0.897. The molecule has 0 spiro atoms. The third kappa shape index (κ3) is 3.28. The molecule has 1 unspecified atom stereocenters. The summed E-state index contributed by atoms with van der Waals surface area (Å²) in [4.78, 5) is 32.6. The smallest absolute Gasteiger partial charge is 0.326 e. The van der Waals surface area contributed by atoms with Crippen molar-refractivity contribution in [2.45, 2.75) is 12.5 Å². The molecule has 1 aromatic rings. The Morgan fingerprint density at radius 3 is 2.69 bits per heavy atom. The van der Waals surface area contributed by atoms with Gasteiger partial charge in [-0.25, -0.2) is 4.79 Å². The lowest BCUT2D eigenvalue weighted by Gasteiger charge is -2.10. The van der Waals surface area contributed by atoms with Gasteiger partial charge in [-0.05, 0) is 11.5 Å². The Labute approximate surface area is 93.6 Å². The van der Waals surface area contributed by atoms with Gasteiger partial charge in [-0.2, -0.15) is 0 Å². The van der Waals surface area contributed by atoms with Gasteiger partial charge in [-0.1, -0.05) is 4.49 Å². The first-order chi connectivity index (χ1) is 7.50. The largest absolute Gasteiger partial charge is 0.480 e. The maximum atomic E-state index is 11.4. The Balaban J connectivity index is 2.65. The normalized spacial score (nSPS) is 11.8. The third-order valence-corrected chi connectivity index (χ3v) is 2.11. The van der Waals surface area contributed by atoms with E-state index in [1.54, 1.807) is 0 Å². The fraction of sp³-hybridized carbons (Fsp3) is 0.286. The van der Waals surface area contributed by atoms with Crippen LogP contribution in [0.4, 0.5) is 0 Å². The van der Waals surface area contributed by atoms with Crippen molar-refractivity contribution in [3.05, 3.63) is 11.1 Å². The van der Waals surface area contributed by atoms with Crippen LogP contribution in [0, 0.1) is 0 Å². The lowest BCUT2D eigenvalue weighted by molar-refractivity contribution is -0.140. The predicted octanol–water partition coefficient (Wildman–Crippen LogP) is -1.40. The van der Waals surface area contributed by atoms with Crippen molar-refractivity contribution in [3.8, 4) is 0 Å². The summed E-state index contributed by atoms with van der Waals surface area (Å²) in [6, 6.07) is -1.35. The highest BCUT2D eigenvalue weighted by Gasteiger charge is 2.23. The molecular formula is C7H8N4O4S. The maximum Gasteiger partial charge on any atom is 0.326 e. The summed E-state index contributed by atoms with van der Waals surface area (Å²) in [7, 11) is 0. The summed E-state index contributed by atoms with van der Waals surface area (Å²) in [5.74, 6) is -2.86. The number of aromatic nitrogens is 2. The highest BCUT2D eigenvalue weighted by Crippen LogP contribution is 1.99. The van der Waals surface area contributed by atoms with Gasteiger partial charge < -0.3 is 16.2 Å². The average molecular weight is 244 g/mol. The van der Waals surface area contributed by atoms with E-state index in [0.717, 1.165) is 11.5 Å². The summed E-state index contributed by atoms with van der Waals surface area (Å²) in [5, 5.41) is 15.6. The van der Waals surface area contributed by atoms with Crippen molar-refractivity contribution >= 4 is 29.3 Å². The highest BCUT2D eigenvalue weighted by atomic mass is 32.1. The zero-order chi connectivity index (χ0) is 12.1. The van der Waals surface area contributed by atoms with Crippen LogP contribution in [0.2, 0.25) is 0 Å². The summed E-state index contributed by atoms with van der Waals surface area (Å²) in [6.07, 6.45) is -0.474. The lowest BCUT2D eigenvalue weighted by Crippen LogP contribution is -2.43. The van der Waals surface area contributed by atoms with E-state index in [4.69, 9.17) is 10.8 Å². The Hall–Kier alpha value is -2.03. The van der Waals surface area contributed by atoms with E-state index < -0.39 is 30.2 Å². The molecule has 0 saturated heterocycles. The summed E-state index contributed by atoms with van der Waals surface area (Å²) >= 11 is 0.956. The number of hydrogen-bond donors (Lipinski definition) is 3. The van der Waals surface area contributed by atoms with Crippen molar-refractivity contribution in [2.75, 3.05) is 0 Å². The van der Waals surface area contributed by atoms with Crippen LogP contribution in [0.15, 0.2) is 5.38 Å². The molecule has 8 nitrogen and oxygen atoms in total. The number of carboxylic acid groups (broad SMARTS) is 1. The second kappa shape index (κ2) is 5.16. The molecule has 1 aromatic heterocycles. The Morgan fingerprint density at radius 1 is 1.56 bits per heavy atom. The molecule has 2 amide bonds. The standard InChI is InChI=1S/C7H8N4O4S/c8-5(12)1-3(7(14)15)9-6(13)4-2-16-11-10-4/h2-3H,1H2,(H2,8,12)(H,9,13)(H,14,15). The molecule has 0 radical (unpaired) electrons. The molecule has 1 heterocycles. The molecule has 0 aromatic carbocycles. The second-order valence-corrected chi connectivity index (χ2v) is 3.43.